The number of aromatic amines is 2. The van der Waals surface area contributed by atoms with Crippen LogP contribution in [0, 0.1) is 6.92 Å². The molecule has 0 saturated heterocycles. The molecule has 21 heavy (non-hydrogen) atoms. The molecule has 0 fully saturated rings. The average Bonchev–Trinajstić information content (AvgIpc) is 3.02. The number of anilines is 1. The Bertz CT molecular complexity index is 684. The molecule has 2 aromatic heterocycles. The maximum Gasteiger partial charge on any atom is 0.274 e. The Hall–Kier alpha value is -2.44. The van der Waals surface area contributed by atoms with Crippen LogP contribution >= 0.6 is 0 Å². The first kappa shape index (κ1) is 15.0. The summed E-state index contributed by atoms with van der Waals surface area (Å²) in [4.78, 5) is 31.2. The molecular weight excluding hydrogens is 270 g/mol. The Morgan fingerprint density at radius 2 is 1.95 bits per heavy atom. The molecule has 0 saturated carbocycles. The molecule has 0 radical (unpaired) electrons. The molecule has 0 aliphatic heterocycles. The number of ketones is 1. The van der Waals surface area contributed by atoms with Crippen LogP contribution < -0.4 is 5.32 Å². The second-order valence-electron chi connectivity index (χ2n) is 4.80. The number of nitrogens with zero attached hydrogens (tertiary/aromatic N) is 2. The highest BCUT2D eigenvalue weighted by atomic mass is 16.2. The van der Waals surface area contributed by atoms with E-state index in [0.717, 1.165) is 5.56 Å². The third kappa shape index (κ3) is 2.86. The van der Waals surface area contributed by atoms with Gasteiger partial charge in [0.1, 0.15) is 11.5 Å². The van der Waals surface area contributed by atoms with E-state index in [1.807, 2.05) is 13.8 Å². The largest absolute Gasteiger partial charge is 0.354 e. The fourth-order valence-electron chi connectivity index (χ4n) is 2.37. The summed E-state index contributed by atoms with van der Waals surface area (Å²) in [7, 11) is 0. The Kier molecular flexibility index (Phi) is 4.21. The summed E-state index contributed by atoms with van der Waals surface area (Å²) in [6.07, 6.45) is 1.30. The van der Waals surface area contributed by atoms with Crippen LogP contribution in [0.1, 0.15) is 58.7 Å². The number of carbonyl (C=O) groups excluding carboxylic acids is 2. The van der Waals surface area contributed by atoms with Gasteiger partial charge in [-0.3, -0.25) is 20.0 Å². The molecule has 3 N–H and O–H groups in total. The zero-order chi connectivity index (χ0) is 15.6. The molecule has 2 rings (SSSR count). The first-order valence-electron chi connectivity index (χ1n) is 6.92. The van der Waals surface area contributed by atoms with Crippen molar-refractivity contribution in [2.45, 2.75) is 40.5 Å². The van der Waals surface area contributed by atoms with Crippen molar-refractivity contribution in [1.29, 1.82) is 0 Å². The van der Waals surface area contributed by atoms with E-state index in [-0.39, 0.29) is 17.6 Å². The smallest absolute Gasteiger partial charge is 0.274 e. The van der Waals surface area contributed by atoms with Crippen molar-refractivity contribution in [2.75, 3.05) is 5.32 Å². The van der Waals surface area contributed by atoms with E-state index in [2.05, 4.69) is 25.5 Å². The lowest BCUT2D eigenvalue weighted by Crippen LogP contribution is -2.15. The van der Waals surface area contributed by atoms with Crippen LogP contribution in [-0.4, -0.2) is 31.9 Å². The molecule has 0 aromatic carbocycles. The lowest BCUT2D eigenvalue weighted by molar-refractivity contribution is 0.101. The topological polar surface area (TPSA) is 104 Å². The van der Waals surface area contributed by atoms with Gasteiger partial charge in [-0.25, -0.2) is 0 Å². The van der Waals surface area contributed by atoms with Gasteiger partial charge >= 0.3 is 0 Å². The number of aryl methyl sites for hydroxylation is 2. The van der Waals surface area contributed by atoms with Gasteiger partial charge in [0.05, 0.1) is 0 Å². The van der Waals surface area contributed by atoms with E-state index < -0.39 is 0 Å². The van der Waals surface area contributed by atoms with E-state index in [1.165, 1.54) is 6.92 Å². The maximum absolute atomic E-state index is 12.3. The number of carbonyl (C=O) groups is 2. The maximum atomic E-state index is 12.3. The van der Waals surface area contributed by atoms with E-state index in [1.54, 1.807) is 6.92 Å². The normalized spacial score (nSPS) is 10.7. The van der Waals surface area contributed by atoms with Crippen LogP contribution in [0.15, 0.2) is 0 Å². The number of H-pyrrole nitrogens is 2. The molecule has 1 amide bonds. The highest BCUT2D eigenvalue weighted by Crippen LogP contribution is 2.21. The Morgan fingerprint density at radius 3 is 2.48 bits per heavy atom. The summed E-state index contributed by atoms with van der Waals surface area (Å²) in [6.45, 7) is 7.14. The SMILES string of the molecule is CCc1nc(NC(=O)c2[nH]c(C)c(C(C)=O)c2CC)n[nH]1. The fraction of sp³-hybridized carbons (Fsp3) is 0.429. The van der Waals surface area contributed by atoms with Gasteiger partial charge in [0, 0.05) is 17.7 Å². The van der Waals surface area contributed by atoms with Crippen molar-refractivity contribution in [2.24, 2.45) is 0 Å². The Morgan fingerprint density at radius 1 is 1.24 bits per heavy atom. The third-order valence-electron chi connectivity index (χ3n) is 3.32. The van der Waals surface area contributed by atoms with Crippen LogP contribution in [-0.2, 0) is 12.8 Å². The summed E-state index contributed by atoms with van der Waals surface area (Å²) < 4.78 is 0. The van der Waals surface area contributed by atoms with E-state index in [0.29, 0.717) is 35.6 Å². The van der Waals surface area contributed by atoms with Crippen molar-refractivity contribution in [3.63, 3.8) is 0 Å². The number of nitrogens with one attached hydrogen (secondary N) is 3. The van der Waals surface area contributed by atoms with Crippen molar-refractivity contribution in [1.82, 2.24) is 20.2 Å². The van der Waals surface area contributed by atoms with Crippen molar-refractivity contribution in [3.8, 4) is 0 Å². The van der Waals surface area contributed by atoms with Crippen LogP contribution in [0.3, 0.4) is 0 Å². The molecule has 7 heteroatoms. The van der Waals surface area contributed by atoms with Gasteiger partial charge in [-0.05, 0) is 25.8 Å². The quantitative estimate of drug-likeness (QED) is 0.732. The summed E-state index contributed by atoms with van der Waals surface area (Å²) in [5, 5.41) is 9.29. The second kappa shape index (κ2) is 5.90. The molecule has 0 spiro atoms. The molecule has 2 heterocycles. The Labute approximate surface area is 122 Å². The van der Waals surface area contributed by atoms with Gasteiger partial charge in [-0.15, -0.1) is 5.10 Å². The van der Waals surface area contributed by atoms with Crippen molar-refractivity contribution < 1.29 is 9.59 Å². The van der Waals surface area contributed by atoms with Gasteiger partial charge in [0.2, 0.25) is 5.95 Å². The number of rotatable bonds is 5. The van der Waals surface area contributed by atoms with Crippen LogP contribution in [0.5, 0.6) is 0 Å². The van der Waals surface area contributed by atoms with Crippen LogP contribution in [0.2, 0.25) is 0 Å². The van der Waals surface area contributed by atoms with Crippen LogP contribution in [0.25, 0.3) is 0 Å². The molecule has 0 aliphatic carbocycles. The number of hydrogen-bond donors (Lipinski definition) is 3. The van der Waals surface area contributed by atoms with Gasteiger partial charge in [-0.1, -0.05) is 13.8 Å². The Balaban J connectivity index is 2.31. The number of aromatic nitrogens is 4. The van der Waals surface area contributed by atoms with Crippen molar-refractivity contribution >= 4 is 17.6 Å². The van der Waals surface area contributed by atoms with Gasteiger partial charge in [0.15, 0.2) is 5.78 Å². The lowest BCUT2D eigenvalue weighted by atomic mass is 10.0. The van der Waals surface area contributed by atoms with E-state index in [4.69, 9.17) is 0 Å². The minimum Gasteiger partial charge on any atom is -0.354 e. The highest BCUT2D eigenvalue weighted by Gasteiger charge is 2.22. The minimum absolute atomic E-state index is 0.0502. The van der Waals surface area contributed by atoms with E-state index >= 15 is 0 Å². The summed E-state index contributed by atoms with van der Waals surface area (Å²) in [6, 6.07) is 0. The monoisotopic (exact) mass is 289 g/mol. The number of Topliss-reactive ketones (excluding diaryl/α,β-unsaturated/α-hetero) is 1. The molecule has 2 aromatic rings. The summed E-state index contributed by atoms with van der Waals surface area (Å²) in [5.41, 5.74) is 2.41. The summed E-state index contributed by atoms with van der Waals surface area (Å²) in [5.74, 6) is 0.540. The first-order chi connectivity index (χ1) is 9.97. The standard InChI is InChI=1S/C14H19N5O2/c1-5-9-11(8(4)20)7(3)15-12(9)13(21)17-14-16-10(6-2)18-19-14/h15H,5-6H2,1-4H3,(H2,16,17,18,19,21). The molecule has 112 valence electrons. The molecule has 7 nitrogen and oxygen atoms in total. The van der Waals surface area contributed by atoms with Gasteiger partial charge in [-0.2, -0.15) is 4.98 Å². The molecule has 0 aliphatic rings. The van der Waals surface area contributed by atoms with Crippen LogP contribution in [0.4, 0.5) is 5.95 Å². The zero-order valence-electron chi connectivity index (χ0n) is 12.6. The minimum atomic E-state index is -0.343. The predicted octanol–water partition coefficient (Wildman–Crippen LogP) is 2.02. The number of hydrogen-bond acceptors (Lipinski definition) is 4. The highest BCUT2D eigenvalue weighted by molar-refractivity contribution is 6.07. The van der Waals surface area contributed by atoms with E-state index in [9.17, 15) is 9.59 Å². The molecular formula is C14H19N5O2. The van der Waals surface area contributed by atoms with Gasteiger partial charge < -0.3 is 4.98 Å². The summed E-state index contributed by atoms with van der Waals surface area (Å²) >= 11 is 0. The molecule has 0 atom stereocenters. The lowest BCUT2D eigenvalue weighted by Gasteiger charge is -2.03. The number of amides is 1. The van der Waals surface area contributed by atoms with Crippen molar-refractivity contribution in [3.05, 3.63) is 28.3 Å². The third-order valence-corrected chi connectivity index (χ3v) is 3.32. The fourth-order valence-corrected chi connectivity index (χ4v) is 2.37. The first-order valence-corrected chi connectivity index (χ1v) is 6.92. The van der Waals surface area contributed by atoms with Gasteiger partial charge in [0.25, 0.3) is 5.91 Å². The average molecular weight is 289 g/mol. The zero-order valence-corrected chi connectivity index (χ0v) is 12.6. The second-order valence-corrected chi connectivity index (χ2v) is 4.80. The predicted molar refractivity (Wildman–Crippen MR) is 78.6 cm³/mol. The molecule has 0 unspecified atom stereocenters. The molecule has 0 bridgehead atoms.